The van der Waals surface area contributed by atoms with E-state index >= 15 is 0 Å². The van der Waals surface area contributed by atoms with Crippen LogP contribution in [-0.4, -0.2) is 23.6 Å². The molecule has 4 heteroatoms. The van der Waals surface area contributed by atoms with Gasteiger partial charge in [0.05, 0.1) is 0 Å². The third-order valence-corrected chi connectivity index (χ3v) is 2.61. The molecule has 0 radical (unpaired) electrons. The molecule has 0 aliphatic rings. The van der Waals surface area contributed by atoms with Gasteiger partial charge < -0.3 is 4.90 Å². The first-order valence-corrected chi connectivity index (χ1v) is 6.00. The van der Waals surface area contributed by atoms with E-state index in [1.165, 1.54) is 6.42 Å². The van der Waals surface area contributed by atoms with E-state index in [1.807, 2.05) is 14.0 Å². The maximum atomic E-state index is 8.86. The van der Waals surface area contributed by atoms with Crippen LogP contribution in [0.1, 0.15) is 38.2 Å². The lowest BCUT2D eigenvalue weighted by Gasteiger charge is -2.18. The van der Waals surface area contributed by atoms with Gasteiger partial charge in [-0.05, 0) is 25.7 Å². The average Bonchev–Trinajstić information content (AvgIpc) is 2.27. The van der Waals surface area contributed by atoms with Crippen LogP contribution in [0.4, 0.5) is 5.82 Å². The Balaban J connectivity index is 2.65. The van der Waals surface area contributed by atoms with Crippen molar-refractivity contribution in [3.8, 4) is 6.07 Å². The largest absolute Gasteiger partial charge is 0.360 e. The fraction of sp³-hybridized carbons (Fsp3) is 0.615. The summed E-state index contributed by atoms with van der Waals surface area (Å²) in [6, 6.07) is 3.80. The Morgan fingerprint density at radius 1 is 1.41 bits per heavy atom. The monoisotopic (exact) mass is 232 g/mol. The summed E-state index contributed by atoms with van der Waals surface area (Å²) in [5, 5.41) is 8.86. The summed E-state index contributed by atoms with van der Waals surface area (Å²) in [5.41, 5.74) is 0.434. The van der Waals surface area contributed by atoms with Crippen molar-refractivity contribution in [3.05, 3.63) is 17.6 Å². The van der Waals surface area contributed by atoms with Crippen molar-refractivity contribution in [2.75, 3.05) is 18.5 Å². The number of anilines is 1. The van der Waals surface area contributed by atoms with Gasteiger partial charge in [-0.25, -0.2) is 9.97 Å². The summed E-state index contributed by atoms with van der Waals surface area (Å²) in [6.07, 6.45) is 2.35. The summed E-state index contributed by atoms with van der Waals surface area (Å²) < 4.78 is 0. The second-order valence-corrected chi connectivity index (χ2v) is 4.73. The van der Waals surface area contributed by atoms with Crippen LogP contribution >= 0.6 is 0 Å². The van der Waals surface area contributed by atoms with Crippen LogP contribution in [0.3, 0.4) is 0 Å². The summed E-state index contributed by atoms with van der Waals surface area (Å²) in [7, 11) is 2.00. The van der Waals surface area contributed by atoms with Crippen LogP contribution in [0.25, 0.3) is 0 Å². The maximum absolute atomic E-state index is 8.86. The molecular weight excluding hydrogens is 212 g/mol. The molecule has 4 nitrogen and oxygen atoms in total. The minimum absolute atomic E-state index is 0.434. The third-order valence-electron chi connectivity index (χ3n) is 2.61. The topological polar surface area (TPSA) is 52.8 Å². The second-order valence-electron chi connectivity index (χ2n) is 4.73. The van der Waals surface area contributed by atoms with Crippen LogP contribution in [0.15, 0.2) is 6.07 Å². The highest BCUT2D eigenvalue weighted by Gasteiger charge is 2.06. The van der Waals surface area contributed by atoms with Crippen molar-refractivity contribution in [1.29, 1.82) is 5.26 Å². The highest BCUT2D eigenvalue weighted by Crippen LogP contribution is 2.12. The zero-order chi connectivity index (χ0) is 12.8. The molecule has 0 aromatic carbocycles. The Morgan fingerprint density at radius 2 is 2.12 bits per heavy atom. The minimum atomic E-state index is 0.434. The van der Waals surface area contributed by atoms with Crippen LogP contribution in [0, 0.1) is 24.2 Å². The van der Waals surface area contributed by atoms with Gasteiger partial charge in [-0.3, -0.25) is 0 Å². The molecular formula is C13H20N4. The molecule has 0 amide bonds. The number of nitriles is 1. The van der Waals surface area contributed by atoms with Crippen LogP contribution in [0.2, 0.25) is 0 Å². The van der Waals surface area contributed by atoms with Crippen LogP contribution in [-0.2, 0) is 0 Å². The molecule has 1 heterocycles. The van der Waals surface area contributed by atoms with Gasteiger partial charge in [-0.15, -0.1) is 0 Å². The zero-order valence-corrected chi connectivity index (χ0v) is 11.1. The lowest BCUT2D eigenvalue weighted by atomic mass is 10.1. The second kappa shape index (κ2) is 6.19. The molecule has 0 spiro atoms. The molecule has 0 saturated carbocycles. The van der Waals surface area contributed by atoms with Gasteiger partial charge in [0.2, 0.25) is 0 Å². The molecule has 0 saturated heterocycles. The highest BCUT2D eigenvalue weighted by molar-refractivity contribution is 5.41. The lowest BCUT2D eigenvalue weighted by molar-refractivity contribution is 0.555. The van der Waals surface area contributed by atoms with E-state index < -0.39 is 0 Å². The molecule has 1 aromatic heterocycles. The Labute approximate surface area is 103 Å². The molecule has 0 N–H and O–H groups in total. The standard InChI is InChI=1S/C13H20N4/c1-10(2)6-5-7-17(4)13-8-12(9-14)15-11(3)16-13/h8,10H,5-7H2,1-4H3. The minimum Gasteiger partial charge on any atom is -0.360 e. The number of aromatic nitrogens is 2. The van der Waals surface area contributed by atoms with E-state index in [9.17, 15) is 0 Å². The van der Waals surface area contributed by atoms with E-state index in [0.717, 1.165) is 24.7 Å². The van der Waals surface area contributed by atoms with Gasteiger partial charge in [0, 0.05) is 19.7 Å². The smallest absolute Gasteiger partial charge is 0.146 e. The molecule has 1 aromatic rings. The number of hydrogen-bond donors (Lipinski definition) is 0. The fourth-order valence-corrected chi connectivity index (χ4v) is 1.66. The molecule has 0 aliphatic heterocycles. The Hall–Kier alpha value is -1.63. The SMILES string of the molecule is Cc1nc(C#N)cc(N(C)CCCC(C)C)n1. The lowest BCUT2D eigenvalue weighted by Crippen LogP contribution is -2.20. The normalized spacial score (nSPS) is 10.4. The fourth-order valence-electron chi connectivity index (χ4n) is 1.66. The first-order valence-electron chi connectivity index (χ1n) is 6.00. The predicted molar refractivity (Wildman–Crippen MR) is 68.8 cm³/mol. The number of nitrogens with zero attached hydrogens (tertiary/aromatic N) is 4. The Morgan fingerprint density at radius 3 is 2.71 bits per heavy atom. The van der Waals surface area contributed by atoms with Gasteiger partial charge in [0.15, 0.2) is 0 Å². The van der Waals surface area contributed by atoms with E-state index in [2.05, 4.69) is 34.8 Å². The molecule has 0 fully saturated rings. The summed E-state index contributed by atoms with van der Waals surface area (Å²) in [6.45, 7) is 7.22. The van der Waals surface area contributed by atoms with Crippen molar-refractivity contribution in [3.63, 3.8) is 0 Å². The van der Waals surface area contributed by atoms with Gasteiger partial charge in [-0.2, -0.15) is 5.26 Å². The molecule has 0 bridgehead atoms. The van der Waals surface area contributed by atoms with E-state index in [0.29, 0.717) is 11.5 Å². The van der Waals surface area contributed by atoms with Crippen molar-refractivity contribution in [1.82, 2.24) is 9.97 Å². The first kappa shape index (κ1) is 13.4. The van der Waals surface area contributed by atoms with Crippen molar-refractivity contribution < 1.29 is 0 Å². The van der Waals surface area contributed by atoms with Gasteiger partial charge >= 0.3 is 0 Å². The summed E-state index contributed by atoms with van der Waals surface area (Å²) in [4.78, 5) is 10.5. The van der Waals surface area contributed by atoms with Crippen molar-refractivity contribution in [2.24, 2.45) is 5.92 Å². The molecule has 17 heavy (non-hydrogen) atoms. The van der Waals surface area contributed by atoms with Gasteiger partial charge in [0.25, 0.3) is 0 Å². The Bertz CT molecular complexity index is 406. The third kappa shape index (κ3) is 4.39. The number of aryl methyl sites for hydroxylation is 1. The van der Waals surface area contributed by atoms with Crippen LogP contribution in [0.5, 0.6) is 0 Å². The van der Waals surface area contributed by atoms with E-state index in [4.69, 9.17) is 5.26 Å². The zero-order valence-electron chi connectivity index (χ0n) is 11.1. The van der Waals surface area contributed by atoms with Crippen molar-refractivity contribution in [2.45, 2.75) is 33.6 Å². The van der Waals surface area contributed by atoms with Gasteiger partial charge in [-0.1, -0.05) is 13.8 Å². The van der Waals surface area contributed by atoms with Crippen molar-refractivity contribution >= 4 is 5.82 Å². The highest BCUT2D eigenvalue weighted by atomic mass is 15.2. The van der Waals surface area contributed by atoms with Gasteiger partial charge in [0.1, 0.15) is 23.4 Å². The van der Waals surface area contributed by atoms with E-state index in [1.54, 1.807) is 6.07 Å². The number of rotatable bonds is 5. The average molecular weight is 232 g/mol. The summed E-state index contributed by atoms with van der Waals surface area (Å²) >= 11 is 0. The van der Waals surface area contributed by atoms with Crippen LogP contribution < -0.4 is 4.90 Å². The summed E-state index contributed by atoms with van der Waals surface area (Å²) in [5.74, 6) is 2.21. The maximum Gasteiger partial charge on any atom is 0.146 e. The molecule has 0 aliphatic carbocycles. The Kier molecular flexibility index (Phi) is 4.89. The predicted octanol–water partition coefficient (Wildman–Crippen LogP) is 2.53. The quantitative estimate of drug-likeness (QED) is 0.782. The molecule has 0 unspecified atom stereocenters. The number of hydrogen-bond acceptors (Lipinski definition) is 4. The molecule has 0 atom stereocenters. The van der Waals surface area contributed by atoms with E-state index in [-0.39, 0.29) is 0 Å². The first-order chi connectivity index (χ1) is 8.02. The molecule has 1 rings (SSSR count). The molecule has 92 valence electrons.